The van der Waals surface area contributed by atoms with Crippen LogP contribution in [0.5, 0.6) is 0 Å². The van der Waals surface area contributed by atoms with Crippen LogP contribution in [0.4, 0.5) is 0 Å². The predicted octanol–water partition coefficient (Wildman–Crippen LogP) is 1.91. The normalized spacial score (nSPS) is 13.0. The van der Waals surface area contributed by atoms with Crippen molar-refractivity contribution < 1.29 is 13.5 Å². The van der Waals surface area contributed by atoms with Crippen LogP contribution in [0.2, 0.25) is 0 Å². The van der Waals surface area contributed by atoms with Gasteiger partial charge in [-0.3, -0.25) is 9.00 Å². The fourth-order valence-corrected chi connectivity index (χ4v) is 2.85. The van der Waals surface area contributed by atoms with E-state index in [9.17, 15) is 9.00 Å². The van der Waals surface area contributed by atoms with Crippen molar-refractivity contribution in [1.29, 1.82) is 0 Å². The zero-order valence-electron chi connectivity index (χ0n) is 12.8. The molecule has 1 aromatic heterocycles. The largest absolute Gasteiger partial charge is 0.366 e. The third-order valence-electron chi connectivity index (χ3n) is 2.96. The number of amides is 1. The summed E-state index contributed by atoms with van der Waals surface area (Å²) in [5.74, 6) is 0.932. The van der Waals surface area contributed by atoms with Gasteiger partial charge in [0.25, 0.3) is 0 Å². The number of nitrogens with two attached hydrogens (primary N) is 1. The number of carbonyl (C=O) groups excluding carboxylic acids is 1. The Kier molecular flexibility index (Phi) is 4.75. The van der Waals surface area contributed by atoms with Gasteiger partial charge in [0.2, 0.25) is 11.8 Å². The van der Waals surface area contributed by atoms with Gasteiger partial charge >= 0.3 is 0 Å². The molecule has 0 radical (unpaired) electrons. The van der Waals surface area contributed by atoms with Gasteiger partial charge in [0, 0.05) is 27.5 Å². The van der Waals surface area contributed by atoms with Gasteiger partial charge in [-0.25, -0.2) is 0 Å². The number of rotatable bonds is 5. The van der Waals surface area contributed by atoms with Crippen LogP contribution in [0.15, 0.2) is 28.8 Å². The van der Waals surface area contributed by atoms with Crippen LogP contribution < -0.4 is 5.73 Å². The van der Waals surface area contributed by atoms with Gasteiger partial charge in [-0.05, 0) is 17.7 Å². The maximum Gasteiger partial charge on any atom is 0.248 e. The number of hydrogen-bond acceptors (Lipinski definition) is 5. The van der Waals surface area contributed by atoms with Crippen molar-refractivity contribution in [3.05, 3.63) is 47.1 Å². The Morgan fingerprint density at radius 3 is 2.64 bits per heavy atom. The summed E-state index contributed by atoms with van der Waals surface area (Å²) in [6.45, 7) is 5.94. The summed E-state index contributed by atoms with van der Waals surface area (Å²) in [7, 11) is -1.21. The maximum atomic E-state index is 12.2. The zero-order chi connectivity index (χ0) is 16.3. The second-order valence-electron chi connectivity index (χ2n) is 6.05. The van der Waals surface area contributed by atoms with Crippen LogP contribution in [-0.2, 0) is 27.7 Å². The maximum absolute atomic E-state index is 12.2. The summed E-state index contributed by atoms with van der Waals surface area (Å²) in [6.07, 6.45) is 0. The van der Waals surface area contributed by atoms with Crippen molar-refractivity contribution in [2.45, 2.75) is 37.7 Å². The second-order valence-corrected chi connectivity index (χ2v) is 7.51. The van der Waals surface area contributed by atoms with Gasteiger partial charge in [-0.2, -0.15) is 4.98 Å². The summed E-state index contributed by atoms with van der Waals surface area (Å²) in [4.78, 5) is 15.4. The molecule has 6 nitrogen and oxygen atoms in total. The van der Waals surface area contributed by atoms with Crippen molar-refractivity contribution in [1.82, 2.24) is 10.1 Å². The second kappa shape index (κ2) is 6.39. The first-order valence-corrected chi connectivity index (χ1v) is 8.31. The fourth-order valence-electron chi connectivity index (χ4n) is 1.81. The lowest BCUT2D eigenvalue weighted by Gasteiger charge is -2.10. The highest BCUT2D eigenvalue weighted by molar-refractivity contribution is 7.83. The lowest BCUT2D eigenvalue weighted by Crippen LogP contribution is -2.13. The molecular weight excluding hydrogens is 302 g/mol. The Bertz CT molecular complexity index is 704. The van der Waals surface area contributed by atoms with Gasteiger partial charge in [0.15, 0.2) is 5.82 Å². The molecule has 2 N–H and O–H groups in total. The zero-order valence-corrected chi connectivity index (χ0v) is 13.6. The van der Waals surface area contributed by atoms with Gasteiger partial charge < -0.3 is 10.3 Å². The molecule has 0 fully saturated rings. The molecule has 7 heteroatoms. The lowest BCUT2D eigenvalue weighted by atomic mass is 9.96. The Hall–Kier alpha value is -2.02. The van der Waals surface area contributed by atoms with Gasteiger partial charge in [-0.1, -0.05) is 38.1 Å². The third-order valence-corrected chi connectivity index (χ3v) is 4.19. The smallest absolute Gasteiger partial charge is 0.248 e. The molecule has 0 saturated heterocycles. The standard InChI is InChI=1S/C15H19N3O3S/c1-15(2,3)14-17-12(21-18-14)9-22(20)8-10-5-4-6-11(7-10)13(16)19/h4-7H,8-9H2,1-3H3,(H2,16,19)/t22-/m1/s1. The highest BCUT2D eigenvalue weighted by atomic mass is 32.2. The molecule has 2 aromatic rings. The van der Waals surface area contributed by atoms with Crippen LogP contribution in [0.1, 0.15) is 48.4 Å². The molecule has 118 valence electrons. The summed E-state index contributed by atoms with van der Waals surface area (Å²) in [5.41, 5.74) is 6.21. The quantitative estimate of drug-likeness (QED) is 0.907. The lowest BCUT2D eigenvalue weighted by molar-refractivity contribution is 0.1000. The SMILES string of the molecule is CC(C)(C)c1noc(C[S@](=O)Cc2cccc(C(N)=O)c2)n1. The summed E-state index contributed by atoms with van der Waals surface area (Å²) in [5, 5.41) is 3.90. The van der Waals surface area contributed by atoms with Crippen LogP contribution in [-0.4, -0.2) is 20.3 Å². The minimum absolute atomic E-state index is 0.184. The van der Waals surface area contributed by atoms with Crippen molar-refractivity contribution in [3.8, 4) is 0 Å². The number of hydrogen-bond donors (Lipinski definition) is 1. The third kappa shape index (κ3) is 4.24. The molecule has 22 heavy (non-hydrogen) atoms. The Balaban J connectivity index is 2.03. The first kappa shape index (κ1) is 16.4. The van der Waals surface area contributed by atoms with Crippen molar-refractivity contribution >= 4 is 16.7 Å². The van der Waals surface area contributed by atoms with E-state index in [4.69, 9.17) is 10.3 Å². The highest BCUT2D eigenvalue weighted by Gasteiger charge is 2.21. The minimum atomic E-state index is -1.21. The molecule has 0 bridgehead atoms. The van der Waals surface area contributed by atoms with Crippen LogP contribution >= 0.6 is 0 Å². The van der Waals surface area contributed by atoms with Gasteiger partial charge in [0.1, 0.15) is 5.75 Å². The monoisotopic (exact) mass is 321 g/mol. The number of carbonyl (C=O) groups is 1. The molecular formula is C15H19N3O3S. The van der Waals surface area contributed by atoms with E-state index in [2.05, 4.69) is 10.1 Å². The van der Waals surface area contributed by atoms with Crippen molar-refractivity contribution in [2.24, 2.45) is 5.73 Å². The highest BCUT2D eigenvalue weighted by Crippen LogP contribution is 2.19. The molecule has 0 aliphatic rings. The van der Waals surface area contributed by atoms with E-state index in [0.717, 1.165) is 5.56 Å². The van der Waals surface area contributed by atoms with Crippen LogP contribution in [0, 0.1) is 0 Å². The first-order chi connectivity index (χ1) is 10.3. The molecule has 0 spiro atoms. The Morgan fingerprint density at radius 1 is 1.32 bits per heavy atom. The van der Waals surface area contributed by atoms with Crippen LogP contribution in [0.25, 0.3) is 0 Å². The number of nitrogens with zero attached hydrogens (tertiary/aromatic N) is 2. The number of aromatic nitrogens is 2. The van der Waals surface area contributed by atoms with E-state index in [1.165, 1.54) is 0 Å². The fraction of sp³-hybridized carbons (Fsp3) is 0.400. The topological polar surface area (TPSA) is 99.1 Å². The summed E-state index contributed by atoms with van der Waals surface area (Å²) < 4.78 is 17.3. The molecule has 2 rings (SSSR count). The molecule has 1 atom stereocenters. The van der Waals surface area contributed by atoms with Gasteiger partial charge in [0.05, 0.1) is 0 Å². The Morgan fingerprint density at radius 2 is 2.05 bits per heavy atom. The molecule has 0 saturated carbocycles. The van der Waals surface area contributed by atoms with Crippen molar-refractivity contribution in [3.63, 3.8) is 0 Å². The predicted molar refractivity (Wildman–Crippen MR) is 83.5 cm³/mol. The average molecular weight is 321 g/mol. The number of benzene rings is 1. The van der Waals surface area contributed by atoms with E-state index in [1.807, 2.05) is 20.8 Å². The molecule has 1 heterocycles. The molecule has 0 aliphatic heterocycles. The van der Waals surface area contributed by atoms with E-state index in [-0.39, 0.29) is 11.2 Å². The van der Waals surface area contributed by atoms with Gasteiger partial charge in [-0.15, -0.1) is 0 Å². The Labute approximate surface area is 131 Å². The molecule has 1 amide bonds. The first-order valence-electron chi connectivity index (χ1n) is 6.82. The molecule has 0 aliphatic carbocycles. The summed E-state index contributed by atoms with van der Waals surface area (Å²) >= 11 is 0. The van der Waals surface area contributed by atoms with E-state index < -0.39 is 16.7 Å². The number of primary amides is 1. The van der Waals surface area contributed by atoms with E-state index in [0.29, 0.717) is 23.0 Å². The minimum Gasteiger partial charge on any atom is -0.366 e. The molecule has 1 aromatic carbocycles. The summed E-state index contributed by atoms with van der Waals surface area (Å²) in [6, 6.07) is 6.80. The van der Waals surface area contributed by atoms with Crippen molar-refractivity contribution in [2.75, 3.05) is 0 Å². The van der Waals surface area contributed by atoms with E-state index in [1.54, 1.807) is 24.3 Å². The molecule has 0 unspecified atom stereocenters. The van der Waals surface area contributed by atoms with E-state index >= 15 is 0 Å². The van der Waals surface area contributed by atoms with Crippen LogP contribution in [0.3, 0.4) is 0 Å². The average Bonchev–Trinajstić information content (AvgIpc) is 2.87.